The number of aryl methyl sites for hydroxylation is 4. The first-order chi connectivity index (χ1) is 27.4. The molecule has 1 atom stereocenters. The molecular formula is C42H44Cl2N10OS2. The number of fused-ring (bicyclic) bond motifs is 1. The largest absolute Gasteiger partial charge is 0.370 e. The third-order valence-electron chi connectivity index (χ3n) is 9.57. The lowest BCUT2D eigenvalue weighted by Crippen LogP contribution is -2.35. The van der Waals surface area contributed by atoms with Crippen molar-refractivity contribution in [3.8, 4) is 22.5 Å². The zero-order chi connectivity index (χ0) is 40.8. The number of Topliss-reactive ketones (excluding diaryl/α,β-unsaturated/α-hetero) is 1. The summed E-state index contributed by atoms with van der Waals surface area (Å²) in [7, 11) is 0. The van der Waals surface area contributed by atoms with Gasteiger partial charge in [-0.25, -0.2) is 29.9 Å². The van der Waals surface area contributed by atoms with Gasteiger partial charge in [0.2, 0.25) is 0 Å². The number of ketones is 1. The Kier molecular flexibility index (Phi) is 13.8. The average molecular weight is 840 g/mol. The van der Waals surface area contributed by atoms with Gasteiger partial charge in [0, 0.05) is 79.8 Å². The van der Waals surface area contributed by atoms with Crippen LogP contribution in [0.1, 0.15) is 69.5 Å². The molecule has 0 fully saturated rings. The molecule has 1 N–H and O–H groups in total. The Hall–Kier alpha value is -4.69. The molecule has 0 spiro atoms. The third kappa shape index (κ3) is 9.89. The lowest BCUT2D eigenvalue weighted by atomic mass is 9.99. The minimum absolute atomic E-state index is 0.0412. The van der Waals surface area contributed by atoms with E-state index < -0.39 is 0 Å². The first kappa shape index (κ1) is 41.9. The maximum atomic E-state index is 11.9. The van der Waals surface area contributed by atoms with Gasteiger partial charge in [-0.05, 0) is 88.4 Å². The molecule has 6 aromatic heterocycles. The van der Waals surface area contributed by atoms with Crippen LogP contribution < -0.4 is 10.2 Å². The lowest BCUT2D eigenvalue weighted by Gasteiger charge is -2.35. The van der Waals surface area contributed by atoms with Crippen molar-refractivity contribution < 1.29 is 4.79 Å². The van der Waals surface area contributed by atoms with Crippen LogP contribution >= 0.6 is 46.7 Å². The van der Waals surface area contributed by atoms with Crippen LogP contribution in [0, 0.1) is 27.7 Å². The summed E-state index contributed by atoms with van der Waals surface area (Å²) < 4.78 is 0. The van der Waals surface area contributed by atoms with E-state index in [9.17, 15) is 4.79 Å². The van der Waals surface area contributed by atoms with Crippen LogP contribution in [0.15, 0.2) is 71.8 Å². The number of hydrogen-bond donors (Lipinski definition) is 1. The van der Waals surface area contributed by atoms with Gasteiger partial charge >= 0.3 is 0 Å². The number of thioether (sulfide) groups is 2. The Morgan fingerprint density at radius 1 is 0.772 bits per heavy atom. The van der Waals surface area contributed by atoms with Crippen LogP contribution in [-0.2, 0) is 12.8 Å². The van der Waals surface area contributed by atoms with Crippen molar-refractivity contribution in [2.45, 2.75) is 70.7 Å². The summed E-state index contributed by atoms with van der Waals surface area (Å²) in [6.07, 6.45) is 16.0. The number of nitrogens with zero attached hydrogens (tertiary/aromatic N) is 9. The molecule has 0 saturated heterocycles. The van der Waals surface area contributed by atoms with Crippen molar-refractivity contribution in [1.29, 1.82) is 0 Å². The molecule has 15 heteroatoms. The first-order valence-corrected chi connectivity index (χ1v) is 21.6. The Balaban J connectivity index is 0.000000193. The highest BCUT2D eigenvalue weighted by Gasteiger charge is 2.27. The smallest absolute Gasteiger partial charge is 0.187 e. The van der Waals surface area contributed by atoms with Crippen molar-refractivity contribution in [3.63, 3.8) is 0 Å². The van der Waals surface area contributed by atoms with Crippen molar-refractivity contribution in [2.24, 2.45) is 0 Å². The topological polar surface area (TPSA) is 135 Å². The van der Waals surface area contributed by atoms with Gasteiger partial charge in [0.15, 0.2) is 16.1 Å². The molecule has 0 amide bonds. The van der Waals surface area contributed by atoms with E-state index in [1.165, 1.54) is 18.7 Å². The summed E-state index contributed by atoms with van der Waals surface area (Å²) in [5.41, 5.74) is 11.5. The number of pyridine rings is 4. The van der Waals surface area contributed by atoms with E-state index in [1.807, 2.05) is 64.0 Å². The van der Waals surface area contributed by atoms with Crippen molar-refractivity contribution in [3.05, 3.63) is 116 Å². The molecule has 1 aliphatic rings. The predicted octanol–water partition coefficient (Wildman–Crippen LogP) is 9.83. The van der Waals surface area contributed by atoms with Crippen LogP contribution in [0.25, 0.3) is 22.5 Å². The molecule has 1 unspecified atom stereocenters. The number of nitrogens with one attached hydrogen (secondary N) is 1. The van der Waals surface area contributed by atoms with Crippen molar-refractivity contribution >= 4 is 64.1 Å². The minimum Gasteiger partial charge on any atom is -0.370 e. The zero-order valence-electron chi connectivity index (χ0n) is 33.2. The predicted molar refractivity (Wildman–Crippen MR) is 233 cm³/mol. The zero-order valence-corrected chi connectivity index (χ0v) is 36.3. The first-order valence-electron chi connectivity index (χ1n) is 18.4. The molecule has 57 heavy (non-hydrogen) atoms. The molecule has 1 aliphatic heterocycles. The fraction of sp³-hybridized carbons (Fsp3) is 0.310. The lowest BCUT2D eigenvalue weighted by molar-refractivity contribution is 0.101. The summed E-state index contributed by atoms with van der Waals surface area (Å²) in [6, 6.07) is 8.29. The highest BCUT2D eigenvalue weighted by Crippen LogP contribution is 2.37. The van der Waals surface area contributed by atoms with Gasteiger partial charge < -0.3 is 10.2 Å². The van der Waals surface area contributed by atoms with Gasteiger partial charge in [-0.3, -0.25) is 14.8 Å². The van der Waals surface area contributed by atoms with Gasteiger partial charge in [-0.15, -0.1) is 0 Å². The Bertz CT molecular complexity index is 2430. The number of halogens is 2. The molecule has 0 aliphatic carbocycles. The van der Waals surface area contributed by atoms with E-state index in [0.717, 1.165) is 85.7 Å². The van der Waals surface area contributed by atoms with E-state index >= 15 is 0 Å². The fourth-order valence-corrected chi connectivity index (χ4v) is 7.83. The summed E-state index contributed by atoms with van der Waals surface area (Å²) in [5.74, 6) is 1.54. The molecular weight excluding hydrogens is 796 g/mol. The number of rotatable bonds is 10. The van der Waals surface area contributed by atoms with Crippen LogP contribution in [0.5, 0.6) is 0 Å². The molecule has 0 saturated carbocycles. The summed E-state index contributed by atoms with van der Waals surface area (Å²) in [6.45, 7) is 13.3. The highest BCUT2D eigenvalue weighted by molar-refractivity contribution is 7.98. The molecule has 6 aromatic rings. The van der Waals surface area contributed by atoms with Crippen LogP contribution in [0.3, 0.4) is 0 Å². The standard InChI is InChI=1S/C21H22ClN5OS.C21H22ClN5S/c1-12-7-13(2)20(25-9-12)15-8-19(24-11-17(15)22)23-6-5-18-16(14(3)28)10-26-21(27-18)29-4;1-12-7-13(2)20(24-9-12)15-8-19(23-11-17(15)22)27-6-5-18-16(14(27)3)10-25-21(26-18)28-4/h7-11H,5-6H2,1-4H3,(H,23,24);7-11,14H,5-6H2,1-4H3. The van der Waals surface area contributed by atoms with E-state index in [1.54, 1.807) is 30.4 Å². The maximum absolute atomic E-state index is 11.9. The summed E-state index contributed by atoms with van der Waals surface area (Å²) >= 11 is 15.9. The number of carbonyl (C=O) groups excluding carboxylic acids is 1. The van der Waals surface area contributed by atoms with Gasteiger partial charge in [-0.1, -0.05) is 58.9 Å². The van der Waals surface area contributed by atoms with Gasteiger partial charge in [0.1, 0.15) is 11.6 Å². The van der Waals surface area contributed by atoms with Crippen LogP contribution in [0.4, 0.5) is 11.6 Å². The maximum Gasteiger partial charge on any atom is 0.187 e. The normalized spacial score (nSPS) is 13.4. The van der Waals surface area contributed by atoms with E-state index in [4.69, 9.17) is 23.2 Å². The van der Waals surface area contributed by atoms with E-state index in [-0.39, 0.29) is 11.8 Å². The number of anilines is 2. The third-order valence-corrected chi connectivity index (χ3v) is 11.3. The summed E-state index contributed by atoms with van der Waals surface area (Å²) in [4.78, 5) is 50.1. The van der Waals surface area contributed by atoms with Crippen LogP contribution in [0.2, 0.25) is 10.0 Å². The van der Waals surface area contributed by atoms with Gasteiger partial charge in [-0.2, -0.15) is 0 Å². The second kappa shape index (κ2) is 18.7. The van der Waals surface area contributed by atoms with Crippen molar-refractivity contribution in [2.75, 3.05) is 35.8 Å². The number of hydrogen-bond acceptors (Lipinski definition) is 13. The second-order valence-electron chi connectivity index (χ2n) is 13.8. The average Bonchev–Trinajstić information content (AvgIpc) is 3.19. The Morgan fingerprint density at radius 3 is 1.98 bits per heavy atom. The van der Waals surface area contributed by atoms with E-state index in [0.29, 0.717) is 39.5 Å². The monoisotopic (exact) mass is 838 g/mol. The second-order valence-corrected chi connectivity index (χ2v) is 16.1. The van der Waals surface area contributed by atoms with Gasteiger partial charge in [0.25, 0.3) is 0 Å². The SMILES string of the molecule is CSc1ncc(C(C)=O)c(CCNc2cc(-c3ncc(C)cc3C)c(Cl)cn2)n1.CSc1ncc2c(n1)CCN(c1cc(-c3ncc(C)cc3C)c(Cl)cn1)C2C. The Labute approximate surface area is 352 Å². The highest BCUT2D eigenvalue weighted by atomic mass is 35.5. The van der Waals surface area contributed by atoms with E-state index in [2.05, 4.69) is 76.1 Å². The molecule has 0 aromatic carbocycles. The molecule has 0 radical (unpaired) electrons. The summed E-state index contributed by atoms with van der Waals surface area (Å²) in [5, 5.41) is 5.93. The minimum atomic E-state index is -0.0412. The molecule has 11 nitrogen and oxygen atoms in total. The molecule has 7 heterocycles. The van der Waals surface area contributed by atoms with Gasteiger partial charge in [0.05, 0.1) is 44.4 Å². The molecule has 7 rings (SSSR count). The fourth-order valence-electron chi connectivity index (χ4n) is 6.72. The number of carbonyl (C=O) groups is 1. The van der Waals surface area contributed by atoms with Crippen molar-refractivity contribution in [1.82, 2.24) is 39.9 Å². The quantitative estimate of drug-likeness (QED) is 0.0797. The van der Waals surface area contributed by atoms with Crippen LogP contribution in [-0.4, -0.2) is 71.3 Å². The Morgan fingerprint density at radius 2 is 1.37 bits per heavy atom. The number of aromatic nitrogens is 8. The molecule has 0 bridgehead atoms. The molecule has 294 valence electrons.